The van der Waals surface area contributed by atoms with E-state index >= 15 is 0 Å². The van der Waals surface area contributed by atoms with Crippen LogP contribution in [-0.4, -0.2) is 26.3 Å². The van der Waals surface area contributed by atoms with Crippen molar-refractivity contribution in [1.82, 2.24) is 4.72 Å². The molecule has 152 valence electrons. The molecule has 2 aromatic rings. The molecule has 0 amide bonds. The number of hydrogen-bond acceptors (Lipinski definition) is 4. The van der Waals surface area contributed by atoms with Crippen molar-refractivity contribution in [3.63, 3.8) is 0 Å². The summed E-state index contributed by atoms with van der Waals surface area (Å²) in [5.74, 6) is 0.680. The predicted octanol–water partition coefficient (Wildman–Crippen LogP) is 3.66. The molecule has 0 saturated heterocycles. The molecule has 3 rings (SSSR count). The van der Waals surface area contributed by atoms with Gasteiger partial charge in [-0.25, -0.2) is 13.1 Å². The second-order valence-electron chi connectivity index (χ2n) is 7.02. The first-order valence-corrected chi connectivity index (χ1v) is 10.6. The lowest BCUT2D eigenvalue weighted by Gasteiger charge is -2.14. The van der Waals surface area contributed by atoms with Gasteiger partial charge in [0, 0.05) is 11.6 Å². The summed E-state index contributed by atoms with van der Waals surface area (Å²) in [6, 6.07) is 11.9. The van der Waals surface area contributed by atoms with Gasteiger partial charge >= 0.3 is 6.61 Å². The van der Waals surface area contributed by atoms with E-state index in [1.54, 1.807) is 38.1 Å². The summed E-state index contributed by atoms with van der Waals surface area (Å²) >= 11 is 0. The third kappa shape index (κ3) is 4.99. The first-order chi connectivity index (χ1) is 13.2. The van der Waals surface area contributed by atoms with Crippen molar-refractivity contribution in [2.45, 2.75) is 51.2 Å². The average Bonchev–Trinajstić information content (AvgIpc) is 3.01. The van der Waals surface area contributed by atoms with Gasteiger partial charge in [-0.05, 0) is 56.0 Å². The largest absolute Gasteiger partial charge is 0.489 e. The maximum atomic E-state index is 12.5. The summed E-state index contributed by atoms with van der Waals surface area (Å²) in [6.07, 6.45) is 1.22. The molecule has 0 fully saturated rings. The van der Waals surface area contributed by atoms with Gasteiger partial charge in [0.05, 0.1) is 5.25 Å². The number of rotatable bonds is 8. The lowest BCUT2D eigenvalue weighted by atomic mass is 10.1. The molecule has 5 nitrogen and oxygen atoms in total. The first-order valence-electron chi connectivity index (χ1n) is 9.03. The molecule has 1 aliphatic carbocycles. The molecule has 0 heterocycles. The molecule has 0 radical (unpaired) electrons. The lowest BCUT2D eigenvalue weighted by molar-refractivity contribution is -0.0508. The van der Waals surface area contributed by atoms with Crippen molar-refractivity contribution < 1.29 is 26.7 Å². The van der Waals surface area contributed by atoms with Crippen LogP contribution in [0.5, 0.6) is 11.5 Å². The number of halogens is 2. The van der Waals surface area contributed by atoms with Gasteiger partial charge in [-0.2, -0.15) is 8.78 Å². The fourth-order valence-electron chi connectivity index (χ4n) is 3.13. The molecule has 0 spiro atoms. The monoisotopic (exact) mass is 411 g/mol. The van der Waals surface area contributed by atoms with E-state index in [2.05, 4.69) is 9.46 Å². The van der Waals surface area contributed by atoms with Gasteiger partial charge in [0.15, 0.2) is 0 Å². The van der Waals surface area contributed by atoms with E-state index < -0.39 is 21.9 Å². The predicted molar refractivity (Wildman–Crippen MR) is 102 cm³/mol. The van der Waals surface area contributed by atoms with Crippen LogP contribution in [0.3, 0.4) is 0 Å². The summed E-state index contributed by atoms with van der Waals surface area (Å²) in [6.45, 7) is 0.482. The van der Waals surface area contributed by atoms with Crippen molar-refractivity contribution >= 4 is 10.0 Å². The van der Waals surface area contributed by atoms with Crippen molar-refractivity contribution in [3.05, 3.63) is 59.2 Å². The number of ether oxygens (including phenoxy) is 2. The number of sulfonamides is 1. The number of para-hydroxylation sites is 1. The fourth-order valence-corrected chi connectivity index (χ4v) is 4.03. The Morgan fingerprint density at radius 2 is 1.82 bits per heavy atom. The highest BCUT2D eigenvalue weighted by molar-refractivity contribution is 7.90. The maximum absolute atomic E-state index is 12.5. The van der Waals surface area contributed by atoms with Crippen molar-refractivity contribution in [2.24, 2.45) is 0 Å². The zero-order valence-corrected chi connectivity index (χ0v) is 16.5. The maximum Gasteiger partial charge on any atom is 0.387 e. The van der Waals surface area contributed by atoms with Crippen molar-refractivity contribution in [1.29, 1.82) is 0 Å². The molecule has 0 aliphatic heterocycles. The normalized spacial score (nSPS) is 16.4. The molecule has 8 heteroatoms. The van der Waals surface area contributed by atoms with E-state index in [1.807, 2.05) is 12.1 Å². The second-order valence-corrected chi connectivity index (χ2v) is 9.29. The van der Waals surface area contributed by atoms with Gasteiger partial charge in [-0.15, -0.1) is 0 Å². The molecule has 2 aromatic carbocycles. The van der Waals surface area contributed by atoms with Gasteiger partial charge in [0.1, 0.15) is 18.1 Å². The van der Waals surface area contributed by atoms with Gasteiger partial charge in [0.25, 0.3) is 0 Å². The Hall–Kier alpha value is -2.19. The molecule has 1 unspecified atom stereocenters. The van der Waals surface area contributed by atoms with E-state index in [4.69, 9.17) is 4.74 Å². The molecule has 0 bridgehead atoms. The highest BCUT2D eigenvalue weighted by Gasteiger charge is 2.27. The number of hydrogen-bond donors (Lipinski definition) is 1. The smallest absolute Gasteiger partial charge is 0.387 e. The summed E-state index contributed by atoms with van der Waals surface area (Å²) in [4.78, 5) is 0. The summed E-state index contributed by atoms with van der Waals surface area (Å²) in [5, 5.41) is -0.481. The van der Waals surface area contributed by atoms with Crippen LogP contribution in [-0.2, 0) is 29.5 Å². The zero-order valence-electron chi connectivity index (χ0n) is 15.7. The van der Waals surface area contributed by atoms with E-state index in [0.717, 1.165) is 11.1 Å². The topological polar surface area (TPSA) is 64.6 Å². The summed E-state index contributed by atoms with van der Waals surface area (Å²) in [7, 11) is -3.33. The standard InChI is InChI=1S/C20H23F2NO4S/c1-13(2)28(24,25)23-17-9-14-7-8-18(11-16(14)10-17)26-12-15-5-3-4-6-19(15)27-20(21)22/h3-8,11,13,17,20,23H,9-10,12H2,1-2H3. The lowest BCUT2D eigenvalue weighted by Crippen LogP contribution is -2.39. The quantitative estimate of drug-likeness (QED) is 0.720. The number of benzene rings is 2. The van der Waals surface area contributed by atoms with Gasteiger partial charge in [-0.1, -0.05) is 24.3 Å². The van der Waals surface area contributed by atoms with Crippen LogP contribution in [0.4, 0.5) is 8.78 Å². The van der Waals surface area contributed by atoms with Gasteiger partial charge < -0.3 is 9.47 Å². The molecule has 0 aromatic heterocycles. The minimum atomic E-state index is -3.33. The van der Waals surface area contributed by atoms with Gasteiger partial charge in [0.2, 0.25) is 10.0 Å². The minimum Gasteiger partial charge on any atom is -0.489 e. The van der Waals surface area contributed by atoms with Crippen molar-refractivity contribution in [2.75, 3.05) is 0 Å². The van der Waals surface area contributed by atoms with E-state index in [1.165, 1.54) is 6.07 Å². The minimum absolute atomic E-state index is 0.0850. The van der Waals surface area contributed by atoms with E-state index in [9.17, 15) is 17.2 Å². The Bertz CT molecular complexity index is 932. The molecule has 0 saturated carbocycles. The van der Waals surface area contributed by atoms with E-state index in [0.29, 0.717) is 24.2 Å². The van der Waals surface area contributed by atoms with Crippen LogP contribution in [0.15, 0.2) is 42.5 Å². The third-order valence-corrected chi connectivity index (χ3v) is 6.55. The van der Waals surface area contributed by atoms with Crippen LogP contribution in [0, 0.1) is 0 Å². The Balaban J connectivity index is 1.65. The summed E-state index contributed by atoms with van der Waals surface area (Å²) < 4.78 is 62.2. The SMILES string of the molecule is CC(C)S(=O)(=O)NC1Cc2ccc(OCc3ccccc3OC(F)F)cc2C1. The Labute approximate surface area is 163 Å². The molecule has 1 N–H and O–H groups in total. The third-order valence-electron chi connectivity index (χ3n) is 4.64. The number of fused-ring (bicyclic) bond motifs is 1. The fraction of sp³-hybridized carbons (Fsp3) is 0.400. The van der Waals surface area contributed by atoms with Crippen LogP contribution < -0.4 is 14.2 Å². The van der Waals surface area contributed by atoms with E-state index in [-0.39, 0.29) is 18.4 Å². The molecule has 1 aliphatic rings. The Morgan fingerprint density at radius 1 is 1.11 bits per heavy atom. The van der Waals surface area contributed by atoms with Crippen LogP contribution in [0.1, 0.15) is 30.5 Å². The zero-order chi connectivity index (χ0) is 20.3. The molecule has 1 atom stereocenters. The average molecular weight is 411 g/mol. The highest BCUT2D eigenvalue weighted by atomic mass is 32.2. The van der Waals surface area contributed by atoms with Crippen LogP contribution in [0.25, 0.3) is 0 Å². The van der Waals surface area contributed by atoms with Crippen molar-refractivity contribution in [3.8, 4) is 11.5 Å². The number of alkyl halides is 2. The highest BCUT2D eigenvalue weighted by Crippen LogP contribution is 2.28. The molecular weight excluding hydrogens is 388 g/mol. The Morgan fingerprint density at radius 3 is 2.54 bits per heavy atom. The van der Waals surface area contributed by atoms with Crippen LogP contribution in [0.2, 0.25) is 0 Å². The van der Waals surface area contributed by atoms with Gasteiger partial charge in [-0.3, -0.25) is 0 Å². The second kappa shape index (κ2) is 8.45. The Kier molecular flexibility index (Phi) is 6.20. The first kappa shape index (κ1) is 20.5. The molecular formula is C20H23F2NO4S. The number of nitrogens with one attached hydrogen (secondary N) is 1. The molecule has 28 heavy (non-hydrogen) atoms. The summed E-state index contributed by atoms with van der Waals surface area (Å²) in [5.41, 5.74) is 2.61. The van der Waals surface area contributed by atoms with Crippen LogP contribution >= 0.6 is 0 Å².